The fourth-order valence-corrected chi connectivity index (χ4v) is 2.79. The maximum absolute atomic E-state index is 12.0. The first-order valence-electron chi connectivity index (χ1n) is 6.63. The topological polar surface area (TPSA) is 87.7 Å². The van der Waals surface area contributed by atoms with E-state index in [1.807, 2.05) is 27.7 Å². The minimum Gasteiger partial charge on any atom is -0.591 e. The van der Waals surface area contributed by atoms with Crippen LogP contribution in [0.4, 0.5) is 4.79 Å². The van der Waals surface area contributed by atoms with Crippen LogP contribution < -0.4 is 5.73 Å². The minimum atomic E-state index is -1.20. The van der Waals surface area contributed by atoms with Crippen LogP contribution in [0.25, 0.3) is 0 Å². The minimum absolute atomic E-state index is 0.0744. The van der Waals surface area contributed by atoms with Gasteiger partial charge in [0.1, 0.15) is 22.2 Å². The van der Waals surface area contributed by atoms with E-state index in [-0.39, 0.29) is 10.9 Å². The Morgan fingerprint density at radius 3 is 2.26 bits per heavy atom. The van der Waals surface area contributed by atoms with Gasteiger partial charge < -0.3 is 15.0 Å². The van der Waals surface area contributed by atoms with Crippen molar-refractivity contribution in [1.82, 2.24) is 0 Å². The molecule has 1 unspecified atom stereocenters. The van der Waals surface area contributed by atoms with Crippen LogP contribution in [0.3, 0.4) is 0 Å². The van der Waals surface area contributed by atoms with Crippen LogP contribution >= 0.6 is 0 Å². The van der Waals surface area contributed by atoms with Crippen LogP contribution in [-0.4, -0.2) is 27.2 Å². The molecule has 1 fully saturated rings. The van der Waals surface area contributed by atoms with E-state index in [0.717, 1.165) is 31.4 Å². The fourth-order valence-electron chi connectivity index (χ4n) is 2.10. The van der Waals surface area contributed by atoms with Crippen molar-refractivity contribution in [3.63, 3.8) is 0 Å². The summed E-state index contributed by atoms with van der Waals surface area (Å²) < 4.78 is 20.9. The molecule has 0 spiro atoms. The highest BCUT2D eigenvalue weighted by Crippen LogP contribution is 2.28. The van der Waals surface area contributed by atoms with Crippen LogP contribution in [0.5, 0.6) is 0 Å². The molecule has 1 aliphatic carbocycles. The summed E-state index contributed by atoms with van der Waals surface area (Å²) in [6.07, 6.45) is 2.60. The quantitative estimate of drug-likeness (QED) is 0.639. The van der Waals surface area contributed by atoms with Crippen LogP contribution in [0, 0.1) is 5.92 Å². The van der Waals surface area contributed by atoms with Crippen molar-refractivity contribution in [2.75, 3.05) is 0 Å². The van der Waals surface area contributed by atoms with Crippen molar-refractivity contribution in [1.29, 1.82) is 0 Å². The third-order valence-electron chi connectivity index (χ3n) is 3.30. The van der Waals surface area contributed by atoms with E-state index in [4.69, 9.17) is 10.5 Å². The summed E-state index contributed by atoms with van der Waals surface area (Å²) in [5, 5.41) is 0. The number of nitrogens with zero attached hydrogens (tertiary/aromatic N) is 1. The van der Waals surface area contributed by atoms with Crippen molar-refractivity contribution < 1.29 is 14.1 Å². The first-order chi connectivity index (χ1) is 8.70. The summed E-state index contributed by atoms with van der Waals surface area (Å²) in [6.45, 7) is 7.68. The highest BCUT2D eigenvalue weighted by molar-refractivity contribution is 7.91. The number of rotatable bonds is 3. The normalized spacial score (nSPS) is 26.9. The van der Waals surface area contributed by atoms with Crippen LogP contribution in [-0.2, 0) is 16.1 Å². The van der Waals surface area contributed by atoms with Gasteiger partial charge in [0.25, 0.3) is 0 Å². The van der Waals surface area contributed by atoms with Crippen molar-refractivity contribution in [3.8, 4) is 0 Å². The van der Waals surface area contributed by atoms with E-state index in [0.29, 0.717) is 5.92 Å². The van der Waals surface area contributed by atoms with Crippen LogP contribution in [0.2, 0.25) is 0 Å². The summed E-state index contributed by atoms with van der Waals surface area (Å²) in [5.41, 5.74) is 5.94. The van der Waals surface area contributed by atoms with Gasteiger partial charge in [0.05, 0.1) is 5.71 Å². The summed E-state index contributed by atoms with van der Waals surface area (Å²) >= 11 is -1.20. The molecule has 0 aromatic carbocycles. The molecule has 0 bridgehead atoms. The number of hydrogen-bond acceptors (Lipinski definition) is 4. The maximum Gasteiger partial charge on any atom is 0.404 e. The van der Waals surface area contributed by atoms with Crippen molar-refractivity contribution in [2.45, 2.75) is 64.2 Å². The number of ether oxygens (including phenoxy) is 1. The second-order valence-electron chi connectivity index (χ2n) is 6.00. The fraction of sp³-hybridized carbons (Fsp3) is 0.846. The molecule has 1 saturated carbocycles. The molecule has 0 saturated heterocycles. The Kier molecular flexibility index (Phi) is 5.67. The third-order valence-corrected chi connectivity index (χ3v) is 4.80. The first-order valence-corrected chi connectivity index (χ1v) is 7.74. The molecule has 1 rings (SSSR count). The van der Waals surface area contributed by atoms with E-state index in [2.05, 4.69) is 4.40 Å². The zero-order valence-corrected chi connectivity index (χ0v) is 13.0. The van der Waals surface area contributed by atoms with E-state index >= 15 is 0 Å². The van der Waals surface area contributed by atoms with Crippen molar-refractivity contribution >= 4 is 23.2 Å². The summed E-state index contributed by atoms with van der Waals surface area (Å²) in [6, 6.07) is 0. The Morgan fingerprint density at radius 2 is 1.84 bits per heavy atom. The Hall–Kier alpha value is -0.750. The van der Waals surface area contributed by atoms with Crippen molar-refractivity contribution in [2.24, 2.45) is 16.0 Å². The first kappa shape index (κ1) is 16.3. The lowest BCUT2D eigenvalue weighted by molar-refractivity contribution is 0.0777. The van der Waals surface area contributed by atoms with E-state index in [1.54, 1.807) is 0 Å². The monoisotopic (exact) mass is 288 g/mol. The van der Waals surface area contributed by atoms with E-state index in [1.165, 1.54) is 0 Å². The van der Waals surface area contributed by atoms with E-state index in [9.17, 15) is 9.35 Å². The lowest BCUT2D eigenvalue weighted by Gasteiger charge is -2.28. The highest BCUT2D eigenvalue weighted by atomic mass is 32.2. The van der Waals surface area contributed by atoms with Crippen LogP contribution in [0.15, 0.2) is 4.40 Å². The number of nitrogens with two attached hydrogens (primary N) is 1. The largest absolute Gasteiger partial charge is 0.591 e. The molecule has 2 N–H and O–H groups in total. The lowest BCUT2D eigenvalue weighted by atomic mass is 9.85. The number of hydrogen-bond donors (Lipinski definition) is 1. The number of carbonyl (C=O) groups is 1. The van der Waals surface area contributed by atoms with Gasteiger partial charge in [0.15, 0.2) is 0 Å². The zero-order chi connectivity index (χ0) is 14.6. The van der Waals surface area contributed by atoms with E-state index < -0.39 is 17.5 Å². The molecule has 1 aliphatic rings. The standard InChI is InChI=1S/C13H24N2O3S/c1-9(15-19(17)13(2,3)4)10-5-7-11(8-6-10)18-12(14)16/h10-11H,5-8H2,1-4H3,(H2,14,16)/b15-9+. The molecule has 0 aliphatic heterocycles. The van der Waals surface area contributed by atoms with Gasteiger partial charge in [0.2, 0.25) is 0 Å². The molecule has 0 heterocycles. The number of carbonyl (C=O) groups excluding carboxylic acids is 1. The molecule has 5 nitrogen and oxygen atoms in total. The Bertz CT molecular complexity index is 344. The van der Waals surface area contributed by atoms with Gasteiger partial charge in [-0.05, 0) is 53.4 Å². The maximum atomic E-state index is 12.0. The molecular formula is C13H24N2O3S. The second kappa shape index (κ2) is 6.61. The molecule has 0 aromatic heterocycles. The average Bonchev–Trinajstić information content (AvgIpc) is 2.27. The number of amides is 1. The Morgan fingerprint density at radius 1 is 1.32 bits per heavy atom. The van der Waals surface area contributed by atoms with Gasteiger partial charge in [-0.1, -0.05) is 4.40 Å². The smallest absolute Gasteiger partial charge is 0.404 e. The third kappa shape index (κ3) is 5.40. The van der Waals surface area contributed by atoms with Gasteiger partial charge in [-0.2, -0.15) is 0 Å². The molecule has 110 valence electrons. The average molecular weight is 288 g/mol. The molecule has 0 radical (unpaired) electrons. The van der Waals surface area contributed by atoms with Gasteiger partial charge in [-0.25, -0.2) is 4.79 Å². The summed E-state index contributed by atoms with van der Waals surface area (Å²) in [4.78, 5) is 10.7. The number of primary amides is 1. The predicted octanol–water partition coefficient (Wildman–Crippen LogP) is 2.56. The SMILES string of the molecule is C/C(=N\[S+]([O-])C(C)(C)C)C1CCC(OC(N)=O)CC1. The Balaban J connectivity index is 2.51. The zero-order valence-electron chi connectivity index (χ0n) is 12.1. The highest BCUT2D eigenvalue weighted by Gasteiger charge is 2.30. The molecule has 19 heavy (non-hydrogen) atoms. The van der Waals surface area contributed by atoms with Gasteiger partial charge in [0, 0.05) is 5.92 Å². The van der Waals surface area contributed by atoms with Crippen LogP contribution in [0.1, 0.15) is 53.4 Å². The van der Waals surface area contributed by atoms with Gasteiger partial charge in [-0.15, -0.1) is 0 Å². The molecule has 6 heteroatoms. The van der Waals surface area contributed by atoms with Gasteiger partial charge in [-0.3, -0.25) is 0 Å². The molecular weight excluding hydrogens is 264 g/mol. The molecule has 1 atom stereocenters. The summed E-state index contributed by atoms with van der Waals surface area (Å²) in [7, 11) is 0. The molecule has 0 aromatic rings. The predicted molar refractivity (Wildman–Crippen MR) is 77.4 cm³/mol. The van der Waals surface area contributed by atoms with Gasteiger partial charge >= 0.3 is 6.09 Å². The second-order valence-corrected chi connectivity index (χ2v) is 7.91. The van der Waals surface area contributed by atoms with Crippen molar-refractivity contribution in [3.05, 3.63) is 0 Å². The lowest BCUT2D eigenvalue weighted by Crippen LogP contribution is -2.31. The Labute approximate surface area is 118 Å². The summed E-state index contributed by atoms with van der Waals surface area (Å²) in [5.74, 6) is 0.332. The molecule has 1 amide bonds.